The Bertz CT molecular complexity index is 61.1. The van der Waals surface area contributed by atoms with E-state index in [4.69, 9.17) is 5.11 Å². The molecule has 0 fully saturated rings. The SMILES string of the molecule is C[C@H](/C=C/I)CO. The van der Waals surface area contributed by atoms with Gasteiger partial charge in [-0.3, -0.25) is 0 Å². The molecule has 0 unspecified atom stereocenters. The monoisotopic (exact) mass is 212 g/mol. The number of aliphatic hydroxyl groups excluding tert-OH is 1. The number of rotatable bonds is 2. The summed E-state index contributed by atoms with van der Waals surface area (Å²) in [5.41, 5.74) is 0. The van der Waals surface area contributed by atoms with E-state index in [9.17, 15) is 0 Å². The van der Waals surface area contributed by atoms with E-state index < -0.39 is 0 Å². The number of hydrogen-bond acceptors (Lipinski definition) is 1. The van der Waals surface area contributed by atoms with Crippen LogP contribution in [0.15, 0.2) is 10.2 Å². The van der Waals surface area contributed by atoms with Gasteiger partial charge in [0.1, 0.15) is 0 Å². The Balaban J connectivity index is 3.16. The highest BCUT2D eigenvalue weighted by Gasteiger charge is 1.87. The van der Waals surface area contributed by atoms with Crippen LogP contribution in [0, 0.1) is 5.92 Å². The minimum absolute atomic E-state index is 0.250. The summed E-state index contributed by atoms with van der Waals surface area (Å²) in [5, 5.41) is 8.41. The van der Waals surface area contributed by atoms with E-state index in [1.807, 2.05) is 17.1 Å². The molecule has 0 radical (unpaired) electrons. The van der Waals surface area contributed by atoms with E-state index >= 15 is 0 Å². The van der Waals surface area contributed by atoms with Crippen molar-refractivity contribution in [3.63, 3.8) is 0 Å². The quantitative estimate of drug-likeness (QED) is 0.688. The Labute approximate surface area is 57.6 Å². The second-order valence-electron chi connectivity index (χ2n) is 1.48. The molecule has 42 valence electrons. The Kier molecular flexibility index (Phi) is 4.87. The topological polar surface area (TPSA) is 20.2 Å². The van der Waals surface area contributed by atoms with E-state index in [2.05, 4.69) is 22.6 Å². The normalized spacial score (nSPS) is 15.3. The molecule has 1 N–H and O–H groups in total. The van der Waals surface area contributed by atoms with Crippen LogP contribution in [0.2, 0.25) is 0 Å². The van der Waals surface area contributed by atoms with Crippen LogP contribution in [0.4, 0.5) is 0 Å². The predicted molar refractivity (Wildman–Crippen MR) is 39.4 cm³/mol. The summed E-state index contributed by atoms with van der Waals surface area (Å²) in [6.45, 7) is 2.22. The summed E-state index contributed by atoms with van der Waals surface area (Å²) in [7, 11) is 0. The first kappa shape index (κ1) is 7.43. The molecule has 0 aliphatic carbocycles. The fraction of sp³-hybridized carbons (Fsp3) is 0.600. The zero-order valence-corrected chi connectivity index (χ0v) is 6.42. The molecule has 7 heavy (non-hydrogen) atoms. The summed E-state index contributed by atoms with van der Waals surface area (Å²) in [4.78, 5) is 0. The lowest BCUT2D eigenvalue weighted by Crippen LogP contribution is -1.93. The molecule has 0 bridgehead atoms. The highest BCUT2D eigenvalue weighted by Crippen LogP contribution is 1.96. The van der Waals surface area contributed by atoms with Gasteiger partial charge in [0, 0.05) is 6.61 Å². The Morgan fingerprint density at radius 2 is 2.43 bits per heavy atom. The van der Waals surface area contributed by atoms with Gasteiger partial charge in [0.2, 0.25) is 0 Å². The summed E-state index contributed by atoms with van der Waals surface area (Å²) >= 11 is 2.13. The predicted octanol–water partition coefficient (Wildman–Crippen LogP) is 1.56. The Morgan fingerprint density at radius 1 is 1.86 bits per heavy atom. The maximum Gasteiger partial charge on any atom is 0.0491 e. The van der Waals surface area contributed by atoms with E-state index in [-0.39, 0.29) is 6.61 Å². The first-order valence-electron chi connectivity index (χ1n) is 2.19. The molecule has 0 aromatic carbocycles. The van der Waals surface area contributed by atoms with Crippen LogP contribution in [0.5, 0.6) is 0 Å². The van der Waals surface area contributed by atoms with Crippen molar-refractivity contribution in [1.82, 2.24) is 0 Å². The van der Waals surface area contributed by atoms with Crippen molar-refractivity contribution in [2.75, 3.05) is 6.61 Å². The van der Waals surface area contributed by atoms with Crippen molar-refractivity contribution >= 4 is 22.6 Å². The first-order chi connectivity index (χ1) is 3.31. The summed E-state index contributed by atoms with van der Waals surface area (Å²) in [6, 6.07) is 0. The molecular formula is C5H9IO. The summed E-state index contributed by atoms with van der Waals surface area (Å²) < 4.78 is 1.92. The van der Waals surface area contributed by atoms with Gasteiger partial charge in [-0.15, -0.1) is 0 Å². The lowest BCUT2D eigenvalue weighted by Gasteiger charge is -1.94. The number of aliphatic hydroxyl groups is 1. The van der Waals surface area contributed by atoms with E-state index in [0.717, 1.165) is 0 Å². The van der Waals surface area contributed by atoms with Gasteiger partial charge in [-0.25, -0.2) is 0 Å². The van der Waals surface area contributed by atoms with Gasteiger partial charge in [0.15, 0.2) is 0 Å². The molecule has 1 nitrogen and oxygen atoms in total. The molecule has 0 aliphatic heterocycles. The van der Waals surface area contributed by atoms with Crippen molar-refractivity contribution in [2.45, 2.75) is 6.92 Å². The van der Waals surface area contributed by atoms with Crippen LogP contribution >= 0.6 is 22.6 Å². The standard InChI is InChI=1S/C5H9IO/c1-5(4-7)2-3-6/h2-3,5,7H,4H2,1H3/b3-2+/t5-/m1/s1. The lowest BCUT2D eigenvalue weighted by atomic mass is 10.2. The maximum atomic E-state index is 8.41. The fourth-order valence-corrected chi connectivity index (χ4v) is 0.894. The van der Waals surface area contributed by atoms with Crippen LogP contribution in [0.3, 0.4) is 0 Å². The average Bonchev–Trinajstić information content (AvgIpc) is 1.68. The third-order valence-corrected chi connectivity index (χ3v) is 1.10. The molecule has 0 aromatic rings. The number of halogens is 1. The largest absolute Gasteiger partial charge is 0.396 e. The van der Waals surface area contributed by atoms with Crippen molar-refractivity contribution < 1.29 is 5.11 Å². The zero-order chi connectivity index (χ0) is 5.70. The highest BCUT2D eigenvalue weighted by molar-refractivity contribution is 14.1. The van der Waals surface area contributed by atoms with Crippen LogP contribution in [-0.4, -0.2) is 11.7 Å². The lowest BCUT2D eigenvalue weighted by molar-refractivity contribution is 0.262. The first-order valence-corrected chi connectivity index (χ1v) is 3.43. The molecule has 0 spiro atoms. The summed E-state index contributed by atoms with van der Waals surface area (Å²) in [5.74, 6) is 0.317. The second kappa shape index (κ2) is 4.59. The minimum Gasteiger partial charge on any atom is -0.396 e. The van der Waals surface area contributed by atoms with Crippen LogP contribution in [-0.2, 0) is 0 Å². The molecule has 0 saturated heterocycles. The van der Waals surface area contributed by atoms with Crippen molar-refractivity contribution in [3.05, 3.63) is 10.2 Å². The maximum absolute atomic E-state index is 8.41. The van der Waals surface area contributed by atoms with Crippen LogP contribution < -0.4 is 0 Å². The second-order valence-corrected chi connectivity index (χ2v) is 2.20. The minimum atomic E-state index is 0.250. The molecular weight excluding hydrogens is 203 g/mol. The van der Waals surface area contributed by atoms with E-state index in [1.165, 1.54) is 0 Å². The van der Waals surface area contributed by atoms with Crippen LogP contribution in [0.25, 0.3) is 0 Å². The van der Waals surface area contributed by atoms with Gasteiger partial charge in [-0.2, -0.15) is 0 Å². The zero-order valence-electron chi connectivity index (χ0n) is 4.26. The van der Waals surface area contributed by atoms with Crippen LogP contribution in [0.1, 0.15) is 6.92 Å². The molecule has 1 atom stereocenters. The van der Waals surface area contributed by atoms with Gasteiger partial charge >= 0.3 is 0 Å². The van der Waals surface area contributed by atoms with Gasteiger partial charge < -0.3 is 5.11 Å². The van der Waals surface area contributed by atoms with Gasteiger partial charge in [-0.1, -0.05) is 35.6 Å². The average molecular weight is 212 g/mol. The smallest absolute Gasteiger partial charge is 0.0491 e. The van der Waals surface area contributed by atoms with Crippen molar-refractivity contribution in [2.24, 2.45) is 5.92 Å². The van der Waals surface area contributed by atoms with Gasteiger partial charge in [0.25, 0.3) is 0 Å². The van der Waals surface area contributed by atoms with Crippen molar-refractivity contribution in [3.8, 4) is 0 Å². The Hall–Kier alpha value is 0.430. The third-order valence-electron chi connectivity index (χ3n) is 0.689. The fourth-order valence-electron chi connectivity index (χ4n) is 0.185. The molecule has 0 saturated carbocycles. The van der Waals surface area contributed by atoms with E-state index in [0.29, 0.717) is 5.92 Å². The van der Waals surface area contributed by atoms with Gasteiger partial charge in [0.05, 0.1) is 0 Å². The molecule has 0 aromatic heterocycles. The Morgan fingerprint density at radius 3 is 2.57 bits per heavy atom. The summed E-state index contributed by atoms with van der Waals surface area (Å²) in [6.07, 6.45) is 1.96. The van der Waals surface area contributed by atoms with E-state index in [1.54, 1.807) is 0 Å². The number of hydrogen-bond donors (Lipinski definition) is 1. The molecule has 2 heteroatoms. The molecule has 0 heterocycles. The van der Waals surface area contributed by atoms with Gasteiger partial charge in [-0.05, 0) is 10.0 Å². The third kappa shape index (κ3) is 4.28. The van der Waals surface area contributed by atoms with Crippen molar-refractivity contribution in [1.29, 1.82) is 0 Å². The molecule has 0 aliphatic rings. The highest BCUT2D eigenvalue weighted by atomic mass is 127. The molecule has 0 amide bonds. The molecule has 0 rings (SSSR count).